The molecule has 0 bridgehead atoms. The zero-order chi connectivity index (χ0) is 11.5. The van der Waals surface area contributed by atoms with Crippen molar-refractivity contribution in [2.75, 3.05) is 7.11 Å². The molecule has 1 N–H and O–H groups in total. The fourth-order valence-electron chi connectivity index (χ4n) is 1.27. The zero-order valence-electron chi connectivity index (χ0n) is 9.33. The fourth-order valence-corrected chi connectivity index (χ4v) is 1.48. The van der Waals surface area contributed by atoms with Crippen molar-refractivity contribution in [3.8, 4) is 0 Å². The number of hydrogen-bond acceptors (Lipinski definition) is 2. The molecule has 84 valence electrons. The number of aliphatic hydroxyl groups is 1. The van der Waals surface area contributed by atoms with E-state index in [1.54, 1.807) is 7.11 Å². The number of benzene rings is 1. The standard InChI is InChI=1S/C12H17ClO2/c1-12(2,15-3)11(14)8-9-5-4-6-10(13)7-9/h4-7,11,14H,8H2,1-3H3. The van der Waals surface area contributed by atoms with Crippen LogP contribution in [-0.4, -0.2) is 23.9 Å². The second-order valence-electron chi connectivity index (χ2n) is 4.16. The Hall–Kier alpha value is -0.570. The Bertz CT molecular complexity index is 323. The summed E-state index contributed by atoms with van der Waals surface area (Å²) in [6, 6.07) is 7.50. The Morgan fingerprint density at radius 2 is 2.13 bits per heavy atom. The number of hydrogen-bond donors (Lipinski definition) is 1. The lowest BCUT2D eigenvalue weighted by molar-refractivity contribution is -0.0764. The highest BCUT2D eigenvalue weighted by Crippen LogP contribution is 2.19. The Balaban J connectivity index is 2.70. The van der Waals surface area contributed by atoms with Gasteiger partial charge in [0.05, 0.1) is 11.7 Å². The summed E-state index contributed by atoms with van der Waals surface area (Å²) < 4.78 is 5.22. The second-order valence-corrected chi connectivity index (χ2v) is 4.59. The fraction of sp³-hybridized carbons (Fsp3) is 0.500. The Morgan fingerprint density at radius 3 is 2.67 bits per heavy atom. The monoisotopic (exact) mass is 228 g/mol. The molecule has 0 amide bonds. The normalized spacial score (nSPS) is 13.9. The summed E-state index contributed by atoms with van der Waals surface area (Å²) in [6.45, 7) is 3.73. The van der Waals surface area contributed by atoms with Gasteiger partial charge in [0.15, 0.2) is 0 Å². The van der Waals surface area contributed by atoms with Gasteiger partial charge >= 0.3 is 0 Å². The first-order valence-corrected chi connectivity index (χ1v) is 5.31. The summed E-state index contributed by atoms with van der Waals surface area (Å²) in [6.07, 6.45) is 0.00228. The second kappa shape index (κ2) is 4.97. The third kappa shape index (κ3) is 3.49. The van der Waals surface area contributed by atoms with Gasteiger partial charge in [-0.3, -0.25) is 0 Å². The first kappa shape index (κ1) is 12.5. The molecule has 1 atom stereocenters. The lowest BCUT2D eigenvalue weighted by atomic mass is 9.95. The van der Waals surface area contributed by atoms with E-state index in [4.69, 9.17) is 16.3 Å². The molecule has 0 saturated carbocycles. The first-order valence-electron chi connectivity index (χ1n) is 4.93. The molecule has 0 aromatic heterocycles. The maximum Gasteiger partial charge on any atom is 0.0883 e. The number of rotatable bonds is 4. The van der Waals surface area contributed by atoms with Crippen LogP contribution >= 0.6 is 11.6 Å². The summed E-state index contributed by atoms with van der Waals surface area (Å²) in [5.41, 5.74) is 0.475. The summed E-state index contributed by atoms with van der Waals surface area (Å²) in [4.78, 5) is 0. The Kier molecular flexibility index (Phi) is 4.14. The van der Waals surface area contributed by atoms with E-state index in [0.717, 1.165) is 5.56 Å². The maximum atomic E-state index is 9.95. The van der Waals surface area contributed by atoms with E-state index in [1.165, 1.54) is 0 Å². The highest BCUT2D eigenvalue weighted by atomic mass is 35.5. The number of halogens is 1. The summed E-state index contributed by atoms with van der Waals surface area (Å²) in [7, 11) is 1.60. The lowest BCUT2D eigenvalue weighted by Gasteiger charge is -2.29. The molecular weight excluding hydrogens is 212 g/mol. The van der Waals surface area contributed by atoms with E-state index in [0.29, 0.717) is 11.4 Å². The number of ether oxygens (including phenoxy) is 1. The van der Waals surface area contributed by atoms with Crippen LogP contribution in [0.2, 0.25) is 5.02 Å². The molecule has 1 aromatic carbocycles. The van der Waals surface area contributed by atoms with Crippen molar-refractivity contribution in [3.05, 3.63) is 34.9 Å². The highest BCUT2D eigenvalue weighted by molar-refractivity contribution is 6.30. The van der Waals surface area contributed by atoms with Crippen LogP contribution in [0.1, 0.15) is 19.4 Å². The van der Waals surface area contributed by atoms with Crippen molar-refractivity contribution in [2.45, 2.75) is 32.0 Å². The van der Waals surface area contributed by atoms with Crippen molar-refractivity contribution in [1.29, 1.82) is 0 Å². The van der Waals surface area contributed by atoms with Crippen molar-refractivity contribution < 1.29 is 9.84 Å². The van der Waals surface area contributed by atoms with E-state index >= 15 is 0 Å². The Morgan fingerprint density at radius 1 is 1.47 bits per heavy atom. The topological polar surface area (TPSA) is 29.5 Å². The smallest absolute Gasteiger partial charge is 0.0883 e. The SMILES string of the molecule is COC(C)(C)C(O)Cc1cccc(Cl)c1. The summed E-state index contributed by atoms with van der Waals surface area (Å²) >= 11 is 5.86. The molecule has 2 nitrogen and oxygen atoms in total. The van der Waals surface area contributed by atoms with Gasteiger partial charge in [-0.25, -0.2) is 0 Å². The zero-order valence-corrected chi connectivity index (χ0v) is 10.1. The van der Waals surface area contributed by atoms with Gasteiger partial charge in [-0.2, -0.15) is 0 Å². The summed E-state index contributed by atoms with van der Waals surface area (Å²) in [5.74, 6) is 0. The van der Waals surface area contributed by atoms with Crippen LogP contribution < -0.4 is 0 Å². The van der Waals surface area contributed by atoms with Crippen LogP contribution in [0.15, 0.2) is 24.3 Å². The average molecular weight is 229 g/mol. The minimum Gasteiger partial charge on any atom is -0.390 e. The van der Waals surface area contributed by atoms with Gasteiger partial charge in [0.25, 0.3) is 0 Å². The van der Waals surface area contributed by atoms with Gasteiger partial charge in [0, 0.05) is 18.6 Å². The van der Waals surface area contributed by atoms with E-state index in [-0.39, 0.29) is 0 Å². The van der Waals surface area contributed by atoms with E-state index in [2.05, 4.69) is 0 Å². The largest absolute Gasteiger partial charge is 0.390 e. The Labute approximate surface area is 95.8 Å². The van der Waals surface area contributed by atoms with Gasteiger partial charge in [-0.1, -0.05) is 23.7 Å². The third-order valence-electron chi connectivity index (χ3n) is 2.65. The van der Waals surface area contributed by atoms with Crippen LogP contribution in [0.5, 0.6) is 0 Å². The maximum absolute atomic E-state index is 9.95. The van der Waals surface area contributed by atoms with Gasteiger partial charge in [0.1, 0.15) is 0 Å². The number of methoxy groups -OCH3 is 1. The van der Waals surface area contributed by atoms with Crippen molar-refractivity contribution in [3.63, 3.8) is 0 Å². The van der Waals surface area contributed by atoms with Gasteiger partial charge in [-0.15, -0.1) is 0 Å². The molecule has 0 aliphatic carbocycles. The third-order valence-corrected chi connectivity index (χ3v) is 2.88. The van der Waals surface area contributed by atoms with Crippen LogP contribution in [-0.2, 0) is 11.2 Å². The molecule has 15 heavy (non-hydrogen) atoms. The molecule has 0 aliphatic heterocycles. The minimum absolute atomic E-state index is 0.539. The van der Waals surface area contributed by atoms with Crippen LogP contribution in [0, 0.1) is 0 Å². The number of aliphatic hydroxyl groups excluding tert-OH is 1. The van der Waals surface area contributed by atoms with Crippen LogP contribution in [0.4, 0.5) is 0 Å². The minimum atomic E-state index is -0.541. The summed E-state index contributed by atoms with van der Waals surface area (Å²) in [5, 5.41) is 10.6. The quantitative estimate of drug-likeness (QED) is 0.859. The predicted molar refractivity (Wildman–Crippen MR) is 62.3 cm³/mol. The van der Waals surface area contributed by atoms with Gasteiger partial charge in [0.2, 0.25) is 0 Å². The lowest BCUT2D eigenvalue weighted by Crippen LogP contribution is -2.39. The molecular formula is C12H17ClO2. The average Bonchev–Trinajstić information content (AvgIpc) is 2.17. The first-order chi connectivity index (χ1) is 6.95. The molecule has 0 heterocycles. The molecule has 0 spiro atoms. The van der Waals surface area contributed by atoms with Crippen molar-refractivity contribution in [2.24, 2.45) is 0 Å². The molecule has 0 fully saturated rings. The highest BCUT2D eigenvalue weighted by Gasteiger charge is 2.27. The molecule has 1 rings (SSSR count). The molecule has 3 heteroatoms. The van der Waals surface area contributed by atoms with E-state index < -0.39 is 11.7 Å². The molecule has 0 aliphatic rings. The van der Waals surface area contributed by atoms with Gasteiger partial charge in [-0.05, 0) is 31.5 Å². The molecule has 1 aromatic rings. The van der Waals surface area contributed by atoms with Crippen molar-refractivity contribution >= 4 is 11.6 Å². The molecule has 0 radical (unpaired) electrons. The van der Waals surface area contributed by atoms with E-state index in [9.17, 15) is 5.11 Å². The molecule has 1 unspecified atom stereocenters. The van der Waals surface area contributed by atoms with Gasteiger partial charge < -0.3 is 9.84 Å². The predicted octanol–water partition coefficient (Wildman–Crippen LogP) is 2.67. The van der Waals surface area contributed by atoms with Crippen LogP contribution in [0.25, 0.3) is 0 Å². The molecule has 0 saturated heterocycles. The van der Waals surface area contributed by atoms with E-state index in [1.807, 2.05) is 38.1 Å². The van der Waals surface area contributed by atoms with Crippen molar-refractivity contribution in [1.82, 2.24) is 0 Å². The van der Waals surface area contributed by atoms with Crippen LogP contribution in [0.3, 0.4) is 0 Å².